The first-order chi connectivity index (χ1) is 8.00. The van der Waals surface area contributed by atoms with Crippen molar-refractivity contribution in [1.82, 2.24) is 5.32 Å². The van der Waals surface area contributed by atoms with Gasteiger partial charge in [-0.2, -0.15) is 0 Å². The zero-order valence-corrected chi connectivity index (χ0v) is 9.77. The molecule has 0 aromatic heterocycles. The van der Waals surface area contributed by atoms with Gasteiger partial charge in [-0.3, -0.25) is 0 Å². The van der Waals surface area contributed by atoms with Crippen LogP contribution in [-0.2, 0) is 15.1 Å². The Morgan fingerprint density at radius 3 is 2.41 bits per heavy atom. The molecule has 1 unspecified atom stereocenters. The van der Waals surface area contributed by atoms with E-state index in [1.165, 1.54) is 6.92 Å². The molecule has 0 bridgehead atoms. The second-order valence-corrected chi connectivity index (χ2v) is 3.64. The smallest absolute Gasteiger partial charge is 0.408 e. The molecule has 5 nitrogen and oxygen atoms in total. The van der Waals surface area contributed by atoms with Crippen LogP contribution in [0.3, 0.4) is 0 Å². The molecule has 17 heavy (non-hydrogen) atoms. The number of rotatable bonds is 4. The lowest BCUT2D eigenvalue weighted by molar-refractivity contribution is -0.144. The molecule has 1 amide bonds. The fourth-order valence-electron chi connectivity index (χ4n) is 1.39. The van der Waals surface area contributed by atoms with E-state index in [0.29, 0.717) is 5.56 Å². The Bertz CT molecular complexity index is 404. The van der Waals surface area contributed by atoms with Gasteiger partial charge < -0.3 is 15.2 Å². The topological polar surface area (TPSA) is 75.6 Å². The molecule has 2 N–H and O–H groups in total. The summed E-state index contributed by atoms with van der Waals surface area (Å²) < 4.78 is 4.70. The van der Waals surface area contributed by atoms with Crippen LogP contribution in [0, 0.1) is 0 Å². The summed E-state index contributed by atoms with van der Waals surface area (Å²) in [4.78, 5) is 22.6. The molecule has 1 aromatic rings. The van der Waals surface area contributed by atoms with Crippen molar-refractivity contribution in [3.05, 3.63) is 35.9 Å². The zero-order chi connectivity index (χ0) is 12.9. The van der Waals surface area contributed by atoms with Crippen molar-refractivity contribution < 1.29 is 19.4 Å². The maximum absolute atomic E-state index is 11.3. The van der Waals surface area contributed by atoms with Crippen molar-refractivity contribution >= 4 is 12.1 Å². The van der Waals surface area contributed by atoms with Gasteiger partial charge in [0.1, 0.15) is 0 Å². The van der Waals surface area contributed by atoms with Crippen molar-refractivity contribution in [3.63, 3.8) is 0 Å². The normalized spacial score (nSPS) is 13.5. The fraction of sp³-hybridized carbons (Fsp3) is 0.333. The van der Waals surface area contributed by atoms with Gasteiger partial charge in [-0.05, 0) is 19.4 Å². The fourth-order valence-corrected chi connectivity index (χ4v) is 1.39. The minimum absolute atomic E-state index is 0.191. The van der Waals surface area contributed by atoms with E-state index in [2.05, 4.69) is 5.32 Å². The van der Waals surface area contributed by atoms with Crippen LogP contribution in [0.15, 0.2) is 30.3 Å². The number of amides is 1. The molecule has 92 valence electrons. The van der Waals surface area contributed by atoms with Crippen LogP contribution in [0.4, 0.5) is 4.79 Å². The number of carbonyl (C=O) groups is 2. The number of hydrogen-bond acceptors (Lipinski definition) is 3. The van der Waals surface area contributed by atoms with Crippen molar-refractivity contribution in [2.45, 2.75) is 19.4 Å². The van der Waals surface area contributed by atoms with E-state index in [4.69, 9.17) is 4.74 Å². The molecular formula is C12H15NO4. The van der Waals surface area contributed by atoms with Crippen LogP contribution >= 0.6 is 0 Å². The van der Waals surface area contributed by atoms with E-state index in [0.717, 1.165) is 0 Å². The third-order valence-electron chi connectivity index (χ3n) is 2.41. The van der Waals surface area contributed by atoms with Gasteiger partial charge in [0.15, 0.2) is 5.54 Å². The van der Waals surface area contributed by atoms with Crippen LogP contribution in [-0.4, -0.2) is 23.8 Å². The predicted octanol–water partition coefficient (Wildman–Crippen LogP) is 1.73. The summed E-state index contributed by atoms with van der Waals surface area (Å²) in [6.45, 7) is 3.26. The summed E-state index contributed by atoms with van der Waals surface area (Å²) in [5.74, 6) is -1.14. The lowest BCUT2D eigenvalue weighted by atomic mass is 9.92. The molecule has 5 heteroatoms. The zero-order valence-electron chi connectivity index (χ0n) is 9.77. The molecule has 0 heterocycles. The van der Waals surface area contributed by atoms with Crippen LogP contribution in [0.1, 0.15) is 19.4 Å². The van der Waals surface area contributed by atoms with E-state index in [-0.39, 0.29) is 6.61 Å². The predicted molar refractivity (Wildman–Crippen MR) is 61.6 cm³/mol. The van der Waals surface area contributed by atoms with Gasteiger partial charge >= 0.3 is 12.1 Å². The number of ether oxygens (including phenoxy) is 1. The molecule has 0 saturated heterocycles. The highest BCUT2D eigenvalue weighted by Gasteiger charge is 2.37. The maximum atomic E-state index is 11.3. The van der Waals surface area contributed by atoms with Crippen LogP contribution < -0.4 is 5.32 Å². The third kappa shape index (κ3) is 2.96. The average Bonchev–Trinajstić information content (AvgIpc) is 2.30. The van der Waals surface area contributed by atoms with E-state index in [1.807, 2.05) is 0 Å². The number of carbonyl (C=O) groups excluding carboxylic acids is 1. The molecule has 1 atom stereocenters. The summed E-state index contributed by atoms with van der Waals surface area (Å²) in [7, 11) is 0. The summed E-state index contributed by atoms with van der Waals surface area (Å²) >= 11 is 0. The van der Waals surface area contributed by atoms with Gasteiger partial charge in [0.2, 0.25) is 0 Å². The van der Waals surface area contributed by atoms with Crippen molar-refractivity contribution in [2.24, 2.45) is 0 Å². The third-order valence-corrected chi connectivity index (χ3v) is 2.41. The van der Waals surface area contributed by atoms with Crippen LogP contribution in [0.25, 0.3) is 0 Å². The lowest BCUT2D eigenvalue weighted by Gasteiger charge is -2.26. The van der Waals surface area contributed by atoms with Gasteiger partial charge in [-0.15, -0.1) is 0 Å². The molecule has 1 aromatic carbocycles. The van der Waals surface area contributed by atoms with Crippen LogP contribution in [0.5, 0.6) is 0 Å². The minimum Gasteiger partial charge on any atom is -0.479 e. The number of benzene rings is 1. The molecule has 0 radical (unpaired) electrons. The number of carboxylic acid groups (broad SMARTS) is 1. The first kappa shape index (κ1) is 13.0. The molecule has 0 fully saturated rings. The Labute approximate surface area is 99.4 Å². The number of alkyl carbamates (subject to hydrolysis) is 1. The quantitative estimate of drug-likeness (QED) is 0.836. The number of carboxylic acids is 1. The van der Waals surface area contributed by atoms with E-state index >= 15 is 0 Å². The maximum Gasteiger partial charge on any atom is 0.408 e. The molecular weight excluding hydrogens is 222 g/mol. The minimum atomic E-state index is -1.49. The summed E-state index contributed by atoms with van der Waals surface area (Å²) in [5.41, 5.74) is -1.01. The largest absolute Gasteiger partial charge is 0.479 e. The van der Waals surface area contributed by atoms with Crippen molar-refractivity contribution in [3.8, 4) is 0 Å². The highest BCUT2D eigenvalue weighted by atomic mass is 16.5. The van der Waals surface area contributed by atoms with Crippen LogP contribution in [0.2, 0.25) is 0 Å². The second kappa shape index (κ2) is 5.34. The first-order valence-electron chi connectivity index (χ1n) is 5.24. The van der Waals surface area contributed by atoms with Gasteiger partial charge in [0.05, 0.1) is 6.61 Å². The standard InChI is InChI=1S/C12H15NO4/c1-3-17-11(16)13-12(2,10(14)15)9-7-5-4-6-8-9/h4-8H,3H2,1-2H3,(H,13,16)(H,14,15). The highest BCUT2D eigenvalue weighted by Crippen LogP contribution is 2.20. The molecule has 0 aliphatic heterocycles. The molecule has 0 spiro atoms. The highest BCUT2D eigenvalue weighted by molar-refractivity contribution is 5.85. The summed E-state index contributed by atoms with van der Waals surface area (Å²) in [6, 6.07) is 8.48. The van der Waals surface area contributed by atoms with E-state index in [1.54, 1.807) is 37.3 Å². The average molecular weight is 237 g/mol. The van der Waals surface area contributed by atoms with Gasteiger partial charge in [-0.1, -0.05) is 30.3 Å². The number of hydrogen-bond donors (Lipinski definition) is 2. The number of nitrogens with one attached hydrogen (secondary N) is 1. The second-order valence-electron chi connectivity index (χ2n) is 3.64. The Morgan fingerprint density at radius 1 is 1.35 bits per heavy atom. The Hall–Kier alpha value is -2.04. The van der Waals surface area contributed by atoms with E-state index in [9.17, 15) is 14.7 Å². The Kier molecular flexibility index (Phi) is 4.09. The van der Waals surface area contributed by atoms with Crippen molar-refractivity contribution in [2.75, 3.05) is 6.61 Å². The van der Waals surface area contributed by atoms with Gasteiger partial charge in [-0.25, -0.2) is 9.59 Å². The summed E-state index contributed by atoms with van der Waals surface area (Å²) in [5, 5.41) is 11.6. The monoisotopic (exact) mass is 237 g/mol. The van der Waals surface area contributed by atoms with Crippen molar-refractivity contribution in [1.29, 1.82) is 0 Å². The Morgan fingerprint density at radius 2 is 1.94 bits per heavy atom. The molecule has 0 aliphatic rings. The summed E-state index contributed by atoms with van der Waals surface area (Å²) in [6.07, 6.45) is -0.749. The first-order valence-corrected chi connectivity index (χ1v) is 5.24. The number of aliphatic carboxylic acids is 1. The molecule has 0 saturated carbocycles. The Balaban J connectivity index is 2.99. The van der Waals surface area contributed by atoms with E-state index < -0.39 is 17.6 Å². The lowest BCUT2D eigenvalue weighted by Crippen LogP contribution is -2.49. The van der Waals surface area contributed by atoms with Gasteiger partial charge in [0, 0.05) is 0 Å². The molecule has 0 aliphatic carbocycles. The SMILES string of the molecule is CCOC(=O)NC(C)(C(=O)O)c1ccccc1. The van der Waals surface area contributed by atoms with Gasteiger partial charge in [0.25, 0.3) is 0 Å². The molecule has 1 rings (SSSR count).